The van der Waals surface area contributed by atoms with Crippen LogP contribution >= 0.6 is 11.6 Å². The van der Waals surface area contributed by atoms with Gasteiger partial charge in [-0.2, -0.15) is 23.4 Å². The van der Waals surface area contributed by atoms with Gasteiger partial charge < -0.3 is 5.32 Å². The third-order valence-corrected chi connectivity index (χ3v) is 4.01. The molecule has 1 amide bonds. The van der Waals surface area contributed by atoms with Gasteiger partial charge in [-0.05, 0) is 26.8 Å². The first-order valence-electron chi connectivity index (χ1n) is 7.27. The number of nitrogens with one attached hydrogen (secondary N) is 1. The Morgan fingerprint density at radius 2 is 2.08 bits per heavy atom. The minimum atomic E-state index is -4.67. The number of hydrogen-bond donors (Lipinski definition) is 1. The number of carbonyl (C=O) groups excluding carboxylic acids is 1. The smallest absolute Gasteiger partial charge is 0.349 e. The molecule has 132 valence electrons. The minimum Gasteiger partial charge on any atom is -0.349 e. The number of nitrogens with zero attached hydrogens (tertiary/aromatic N) is 4. The molecule has 1 atom stereocenters. The Kier molecular flexibility index (Phi) is 5.22. The number of hydrogen-bond acceptors (Lipinski definition) is 3. The van der Waals surface area contributed by atoms with Crippen molar-refractivity contribution in [1.82, 2.24) is 24.9 Å². The average molecular weight is 364 g/mol. The van der Waals surface area contributed by atoms with Crippen LogP contribution in [0.2, 0.25) is 5.02 Å². The van der Waals surface area contributed by atoms with E-state index in [1.165, 1.54) is 13.8 Å². The summed E-state index contributed by atoms with van der Waals surface area (Å²) in [5.41, 5.74) is -0.450. The van der Waals surface area contributed by atoms with Crippen LogP contribution < -0.4 is 5.32 Å². The van der Waals surface area contributed by atoms with E-state index in [0.29, 0.717) is 12.2 Å². The Hall–Kier alpha value is -2.03. The van der Waals surface area contributed by atoms with E-state index in [0.717, 1.165) is 4.68 Å². The van der Waals surface area contributed by atoms with E-state index < -0.39 is 28.8 Å². The van der Waals surface area contributed by atoms with E-state index in [-0.39, 0.29) is 12.2 Å². The van der Waals surface area contributed by atoms with Crippen molar-refractivity contribution in [1.29, 1.82) is 0 Å². The summed E-state index contributed by atoms with van der Waals surface area (Å²) in [6, 6.07) is 0.818. The lowest BCUT2D eigenvalue weighted by molar-refractivity contribution is -0.141. The molecule has 0 spiro atoms. The summed E-state index contributed by atoms with van der Waals surface area (Å²) in [6.07, 6.45) is -2.89. The topological polar surface area (TPSA) is 64.7 Å². The molecule has 0 saturated heterocycles. The zero-order valence-corrected chi connectivity index (χ0v) is 14.1. The van der Waals surface area contributed by atoms with Crippen molar-refractivity contribution in [2.24, 2.45) is 0 Å². The molecule has 0 aliphatic rings. The molecule has 2 rings (SSSR count). The van der Waals surface area contributed by atoms with Gasteiger partial charge in [-0.15, -0.1) is 0 Å². The Morgan fingerprint density at radius 3 is 2.58 bits per heavy atom. The first-order valence-corrected chi connectivity index (χ1v) is 7.64. The highest BCUT2D eigenvalue weighted by Gasteiger charge is 2.39. The van der Waals surface area contributed by atoms with Gasteiger partial charge in [-0.1, -0.05) is 11.6 Å². The molecule has 0 aliphatic carbocycles. The lowest BCUT2D eigenvalue weighted by atomic mass is 10.3. The summed E-state index contributed by atoms with van der Waals surface area (Å²) in [5.74, 6) is -0.475. The second-order valence-electron chi connectivity index (χ2n) is 5.25. The highest BCUT2D eigenvalue weighted by atomic mass is 35.5. The minimum absolute atomic E-state index is 0.0851. The van der Waals surface area contributed by atoms with Crippen molar-refractivity contribution in [3.05, 3.63) is 34.4 Å². The van der Waals surface area contributed by atoms with E-state index in [1.807, 2.05) is 6.92 Å². The highest BCUT2D eigenvalue weighted by molar-refractivity contribution is 6.32. The van der Waals surface area contributed by atoms with E-state index >= 15 is 0 Å². The van der Waals surface area contributed by atoms with Crippen LogP contribution in [-0.2, 0) is 24.1 Å². The van der Waals surface area contributed by atoms with Crippen molar-refractivity contribution in [2.75, 3.05) is 0 Å². The quantitative estimate of drug-likeness (QED) is 0.888. The van der Waals surface area contributed by atoms with Gasteiger partial charge in [-0.25, -0.2) is 0 Å². The molecule has 0 aliphatic heterocycles. The van der Waals surface area contributed by atoms with Gasteiger partial charge in [-0.3, -0.25) is 14.2 Å². The van der Waals surface area contributed by atoms with Gasteiger partial charge in [0, 0.05) is 12.7 Å². The maximum atomic E-state index is 12.8. The molecule has 10 heteroatoms. The summed E-state index contributed by atoms with van der Waals surface area (Å²) in [7, 11) is 0. The first-order chi connectivity index (χ1) is 11.1. The number of halogens is 4. The second kappa shape index (κ2) is 6.84. The zero-order chi connectivity index (χ0) is 18.1. The van der Waals surface area contributed by atoms with Crippen LogP contribution in [0.15, 0.2) is 12.3 Å². The third-order valence-electron chi connectivity index (χ3n) is 3.56. The average Bonchev–Trinajstić information content (AvgIpc) is 3.09. The van der Waals surface area contributed by atoms with Crippen molar-refractivity contribution < 1.29 is 18.0 Å². The molecule has 2 heterocycles. The van der Waals surface area contributed by atoms with Gasteiger partial charge >= 0.3 is 6.18 Å². The van der Waals surface area contributed by atoms with Crippen LogP contribution in [0.25, 0.3) is 0 Å². The van der Waals surface area contributed by atoms with Gasteiger partial charge in [0.15, 0.2) is 5.69 Å². The summed E-state index contributed by atoms with van der Waals surface area (Å²) >= 11 is 5.69. The fraction of sp³-hybridized carbons (Fsp3) is 0.500. The molecule has 0 fully saturated rings. The first kappa shape index (κ1) is 18.3. The molecule has 24 heavy (non-hydrogen) atoms. The standard InChI is InChI=1S/C14H17ClF3N5O/c1-4-22-6-5-10(20-22)7-19-13(24)9(3)23-8(2)11(15)12(21-23)14(16,17)18/h5-6,9H,4,7H2,1-3H3,(H,19,24). The maximum Gasteiger partial charge on any atom is 0.436 e. The SMILES string of the molecule is CCn1ccc(CNC(=O)C(C)n2nc(C(F)(F)F)c(Cl)c2C)n1. The lowest BCUT2D eigenvalue weighted by Gasteiger charge is -2.14. The van der Waals surface area contributed by atoms with Crippen LogP contribution in [0.1, 0.15) is 37.0 Å². The number of carbonyl (C=O) groups is 1. The number of aromatic nitrogens is 4. The van der Waals surface area contributed by atoms with Crippen molar-refractivity contribution >= 4 is 17.5 Å². The zero-order valence-electron chi connectivity index (χ0n) is 13.4. The van der Waals surface area contributed by atoms with Crippen LogP contribution in [0, 0.1) is 6.92 Å². The van der Waals surface area contributed by atoms with E-state index in [9.17, 15) is 18.0 Å². The fourth-order valence-electron chi connectivity index (χ4n) is 2.17. The van der Waals surface area contributed by atoms with E-state index in [4.69, 9.17) is 11.6 Å². The fourth-order valence-corrected chi connectivity index (χ4v) is 2.40. The summed E-state index contributed by atoms with van der Waals surface area (Å²) in [5, 5.41) is 9.80. The molecule has 0 saturated carbocycles. The third kappa shape index (κ3) is 3.72. The normalized spacial score (nSPS) is 13.1. The van der Waals surface area contributed by atoms with Crippen LogP contribution in [0.5, 0.6) is 0 Å². The Labute approximate surface area is 141 Å². The molecule has 2 aromatic rings. The largest absolute Gasteiger partial charge is 0.436 e. The monoisotopic (exact) mass is 363 g/mol. The summed E-state index contributed by atoms with van der Waals surface area (Å²) < 4.78 is 41.2. The molecule has 0 bridgehead atoms. The summed E-state index contributed by atoms with van der Waals surface area (Å²) in [4.78, 5) is 12.2. The summed E-state index contributed by atoms with van der Waals surface area (Å²) in [6.45, 7) is 5.65. The lowest BCUT2D eigenvalue weighted by Crippen LogP contribution is -2.31. The second-order valence-corrected chi connectivity index (χ2v) is 5.62. The Morgan fingerprint density at radius 1 is 1.42 bits per heavy atom. The van der Waals surface area contributed by atoms with E-state index in [2.05, 4.69) is 15.5 Å². The maximum absolute atomic E-state index is 12.8. The highest BCUT2D eigenvalue weighted by Crippen LogP contribution is 2.36. The molecule has 0 radical (unpaired) electrons. The molecular weight excluding hydrogens is 347 g/mol. The van der Waals surface area contributed by atoms with Crippen LogP contribution in [-0.4, -0.2) is 25.5 Å². The molecule has 1 N–H and O–H groups in total. The van der Waals surface area contributed by atoms with Gasteiger partial charge in [0.25, 0.3) is 0 Å². The predicted octanol–water partition coefficient (Wildman–Crippen LogP) is 2.96. The molecule has 6 nitrogen and oxygen atoms in total. The number of amides is 1. The Bertz CT molecular complexity index is 737. The Balaban J connectivity index is 2.10. The van der Waals surface area contributed by atoms with Gasteiger partial charge in [0.2, 0.25) is 5.91 Å². The van der Waals surface area contributed by atoms with Crippen LogP contribution in [0.4, 0.5) is 13.2 Å². The van der Waals surface area contributed by atoms with Crippen molar-refractivity contribution in [2.45, 2.75) is 46.1 Å². The molecule has 2 aromatic heterocycles. The van der Waals surface area contributed by atoms with Crippen molar-refractivity contribution in [3.63, 3.8) is 0 Å². The number of alkyl halides is 3. The molecular formula is C14H17ClF3N5O. The predicted molar refractivity (Wildman–Crippen MR) is 81.4 cm³/mol. The number of aryl methyl sites for hydroxylation is 1. The van der Waals surface area contributed by atoms with Crippen molar-refractivity contribution in [3.8, 4) is 0 Å². The van der Waals surface area contributed by atoms with Gasteiger partial charge in [0.1, 0.15) is 6.04 Å². The molecule has 1 unspecified atom stereocenters. The molecule has 0 aromatic carbocycles. The van der Waals surface area contributed by atoms with E-state index in [1.54, 1.807) is 16.9 Å². The number of rotatable bonds is 5. The van der Waals surface area contributed by atoms with Crippen LogP contribution in [0.3, 0.4) is 0 Å². The van der Waals surface area contributed by atoms with Gasteiger partial charge in [0.05, 0.1) is 23.0 Å².